The maximum atomic E-state index is 8.64. The van der Waals surface area contributed by atoms with Gasteiger partial charge in [-0.05, 0) is 18.6 Å². The molecule has 2 nitrogen and oxygen atoms in total. The molecule has 0 amide bonds. The molecule has 0 aliphatic carbocycles. The van der Waals surface area contributed by atoms with Crippen molar-refractivity contribution in [1.82, 2.24) is 4.98 Å². The number of nitrogens with zero attached hydrogens (tertiary/aromatic N) is 1. The van der Waals surface area contributed by atoms with Gasteiger partial charge in [-0.25, -0.2) is 0 Å². The number of unbranched alkanes of at least 4 members (excludes halogenated alkanes) is 13. The minimum atomic E-state index is 0.373. The van der Waals surface area contributed by atoms with Crippen LogP contribution in [0.5, 0.6) is 0 Å². The normalized spacial score (nSPS) is 10.2. The van der Waals surface area contributed by atoms with Crippen LogP contribution in [0.2, 0.25) is 0 Å². The number of pyridine rings is 1. The van der Waals surface area contributed by atoms with Crippen LogP contribution in [0.25, 0.3) is 0 Å². The first-order valence-electron chi connectivity index (χ1n) is 9.87. The van der Waals surface area contributed by atoms with E-state index in [1.165, 1.54) is 83.5 Å². The molecule has 0 spiro atoms. The van der Waals surface area contributed by atoms with Crippen LogP contribution in [0.15, 0.2) is 30.6 Å². The van der Waals surface area contributed by atoms with Gasteiger partial charge in [-0.1, -0.05) is 96.5 Å². The lowest BCUT2D eigenvalue weighted by molar-refractivity contribution is 0.282. The van der Waals surface area contributed by atoms with Gasteiger partial charge in [0.05, 0.1) is 0 Å². The monoisotopic (exact) mass is 321 g/mol. The summed E-state index contributed by atoms with van der Waals surface area (Å²) in [5.74, 6) is 0. The van der Waals surface area contributed by atoms with Crippen LogP contribution in [0.3, 0.4) is 0 Å². The van der Waals surface area contributed by atoms with Gasteiger partial charge in [0, 0.05) is 19.0 Å². The Labute approximate surface area is 144 Å². The van der Waals surface area contributed by atoms with E-state index >= 15 is 0 Å². The number of rotatable bonds is 14. The highest BCUT2D eigenvalue weighted by atomic mass is 16.2. The molecule has 0 bridgehead atoms. The third-order valence-electron chi connectivity index (χ3n) is 4.08. The molecule has 0 atom stereocenters. The quantitative estimate of drug-likeness (QED) is 0.394. The topological polar surface area (TPSA) is 33.1 Å². The summed E-state index contributed by atoms with van der Waals surface area (Å²) < 4.78 is 0. The maximum Gasteiger partial charge on any atom is 0.0431 e. The lowest BCUT2D eigenvalue weighted by Gasteiger charge is -2.02. The van der Waals surface area contributed by atoms with Crippen LogP contribution in [-0.2, 0) is 0 Å². The van der Waals surface area contributed by atoms with E-state index in [1.807, 2.05) is 18.2 Å². The molecule has 2 heteroatoms. The predicted molar refractivity (Wildman–Crippen MR) is 102 cm³/mol. The molecule has 1 heterocycles. The summed E-state index contributed by atoms with van der Waals surface area (Å²) in [6.07, 6.45) is 22.7. The molecule has 1 aromatic rings. The molecule has 1 aromatic heterocycles. The van der Waals surface area contributed by atoms with Gasteiger partial charge in [-0.2, -0.15) is 0 Å². The zero-order valence-corrected chi connectivity index (χ0v) is 15.4. The number of aliphatic hydroxyl groups excluding tert-OH is 1. The first-order valence-corrected chi connectivity index (χ1v) is 9.87. The molecule has 0 saturated carbocycles. The van der Waals surface area contributed by atoms with Gasteiger partial charge in [0.1, 0.15) is 0 Å². The fourth-order valence-electron chi connectivity index (χ4n) is 2.62. The fourth-order valence-corrected chi connectivity index (χ4v) is 2.62. The lowest BCUT2D eigenvalue weighted by Crippen LogP contribution is -1.84. The highest BCUT2D eigenvalue weighted by Crippen LogP contribution is 2.12. The summed E-state index contributed by atoms with van der Waals surface area (Å²) in [6.45, 7) is 2.65. The number of aromatic nitrogens is 1. The Morgan fingerprint density at radius 2 is 0.957 bits per heavy atom. The fraction of sp³-hybridized carbons (Fsp3) is 0.762. The van der Waals surface area contributed by atoms with E-state index in [0.29, 0.717) is 6.61 Å². The average molecular weight is 322 g/mol. The van der Waals surface area contributed by atoms with Crippen molar-refractivity contribution in [3.63, 3.8) is 0 Å². The van der Waals surface area contributed by atoms with Crippen molar-refractivity contribution in [3.8, 4) is 0 Å². The minimum Gasteiger partial charge on any atom is -0.396 e. The summed E-state index contributed by atoms with van der Waals surface area (Å²) in [5.41, 5.74) is 0. The molecule has 134 valence electrons. The molecule has 23 heavy (non-hydrogen) atoms. The second-order valence-corrected chi connectivity index (χ2v) is 6.34. The van der Waals surface area contributed by atoms with Crippen molar-refractivity contribution < 1.29 is 5.11 Å². The summed E-state index contributed by atoms with van der Waals surface area (Å²) in [6, 6.07) is 5.72. The molecule has 0 radical (unpaired) electrons. The maximum absolute atomic E-state index is 8.64. The molecule has 0 aromatic carbocycles. The smallest absolute Gasteiger partial charge is 0.0431 e. The Kier molecular flexibility index (Phi) is 20.3. The van der Waals surface area contributed by atoms with E-state index in [1.54, 1.807) is 12.4 Å². The standard InChI is InChI=1S/C16H34O.C5H5N/c1-2-3-4-5-6-7-8-9-10-11-12-13-14-15-16-17;1-2-4-6-5-3-1/h17H,2-16H2,1H3;1-5H. The minimum absolute atomic E-state index is 0.373. The average Bonchev–Trinajstić information content (AvgIpc) is 2.61. The van der Waals surface area contributed by atoms with E-state index in [4.69, 9.17) is 5.11 Å². The highest BCUT2D eigenvalue weighted by Gasteiger charge is 1.93. The summed E-state index contributed by atoms with van der Waals surface area (Å²) >= 11 is 0. The van der Waals surface area contributed by atoms with Crippen molar-refractivity contribution in [1.29, 1.82) is 0 Å². The van der Waals surface area contributed by atoms with Gasteiger partial charge in [0.25, 0.3) is 0 Å². The van der Waals surface area contributed by atoms with Crippen LogP contribution in [0.4, 0.5) is 0 Å². The third kappa shape index (κ3) is 21.1. The number of aliphatic hydroxyl groups is 1. The molecule has 0 fully saturated rings. The second kappa shape index (κ2) is 21.1. The molecule has 1 rings (SSSR count). The Hall–Kier alpha value is -0.890. The summed E-state index contributed by atoms with van der Waals surface area (Å²) in [5, 5.41) is 8.64. The Morgan fingerprint density at radius 1 is 0.565 bits per heavy atom. The zero-order valence-electron chi connectivity index (χ0n) is 15.4. The van der Waals surface area contributed by atoms with Crippen molar-refractivity contribution in [2.24, 2.45) is 0 Å². The van der Waals surface area contributed by atoms with Gasteiger partial charge in [0.15, 0.2) is 0 Å². The van der Waals surface area contributed by atoms with Gasteiger partial charge in [-0.15, -0.1) is 0 Å². The van der Waals surface area contributed by atoms with Gasteiger partial charge < -0.3 is 5.11 Å². The molecular weight excluding hydrogens is 282 g/mol. The van der Waals surface area contributed by atoms with Crippen molar-refractivity contribution in [2.45, 2.75) is 96.8 Å². The highest BCUT2D eigenvalue weighted by molar-refractivity contribution is 4.88. The van der Waals surface area contributed by atoms with Crippen LogP contribution in [0.1, 0.15) is 96.8 Å². The first-order chi connectivity index (χ1) is 11.4. The van der Waals surface area contributed by atoms with Crippen molar-refractivity contribution in [2.75, 3.05) is 6.61 Å². The summed E-state index contributed by atoms with van der Waals surface area (Å²) in [4.78, 5) is 3.78. The second-order valence-electron chi connectivity index (χ2n) is 6.34. The van der Waals surface area contributed by atoms with Crippen molar-refractivity contribution >= 4 is 0 Å². The molecule has 1 N–H and O–H groups in total. The van der Waals surface area contributed by atoms with E-state index in [0.717, 1.165) is 6.42 Å². The lowest BCUT2D eigenvalue weighted by atomic mass is 10.0. The molecule has 0 unspecified atom stereocenters. The first kappa shape index (κ1) is 22.1. The van der Waals surface area contributed by atoms with Crippen molar-refractivity contribution in [3.05, 3.63) is 30.6 Å². The predicted octanol–water partition coefficient (Wildman–Crippen LogP) is 6.54. The molecule has 0 aliphatic heterocycles. The van der Waals surface area contributed by atoms with E-state index in [2.05, 4.69) is 11.9 Å². The summed E-state index contributed by atoms with van der Waals surface area (Å²) in [7, 11) is 0. The van der Waals surface area contributed by atoms with Crippen LogP contribution >= 0.6 is 0 Å². The molecular formula is C21H39NO. The Bertz CT molecular complexity index is 248. The number of hydrogen-bond acceptors (Lipinski definition) is 2. The Balaban J connectivity index is 0.000000664. The largest absolute Gasteiger partial charge is 0.396 e. The van der Waals surface area contributed by atoms with E-state index < -0.39 is 0 Å². The Morgan fingerprint density at radius 3 is 1.22 bits per heavy atom. The van der Waals surface area contributed by atoms with Gasteiger partial charge in [-0.3, -0.25) is 4.98 Å². The molecule has 0 saturated heterocycles. The SMILES string of the molecule is CCCCCCCCCCCCCCCCO.c1ccncc1. The van der Waals surface area contributed by atoms with Crippen LogP contribution in [0, 0.1) is 0 Å². The zero-order chi connectivity index (χ0) is 16.8. The molecule has 0 aliphatic rings. The number of hydrogen-bond donors (Lipinski definition) is 1. The van der Waals surface area contributed by atoms with Gasteiger partial charge >= 0.3 is 0 Å². The van der Waals surface area contributed by atoms with Gasteiger partial charge in [0.2, 0.25) is 0 Å². The van der Waals surface area contributed by atoms with E-state index in [-0.39, 0.29) is 0 Å². The van der Waals surface area contributed by atoms with Crippen LogP contribution < -0.4 is 0 Å². The van der Waals surface area contributed by atoms with E-state index in [9.17, 15) is 0 Å². The third-order valence-corrected chi connectivity index (χ3v) is 4.08. The van der Waals surface area contributed by atoms with Crippen LogP contribution in [-0.4, -0.2) is 16.7 Å².